The lowest BCUT2D eigenvalue weighted by atomic mass is 10.0. The van der Waals surface area contributed by atoms with Gasteiger partial charge in [-0.25, -0.2) is 0 Å². The molecule has 1 aliphatic rings. The molecule has 0 aliphatic heterocycles. The first-order valence-electron chi connectivity index (χ1n) is 6.32. The van der Waals surface area contributed by atoms with Crippen LogP contribution in [0, 0.1) is 0 Å². The average Bonchev–Trinajstić information content (AvgIpc) is 2.79. The van der Waals surface area contributed by atoms with E-state index in [4.69, 9.17) is 10.5 Å². The van der Waals surface area contributed by atoms with Crippen LogP contribution in [0.15, 0.2) is 24.3 Å². The fraction of sp³-hybridized carbons (Fsp3) is 0.500. The highest BCUT2D eigenvalue weighted by Crippen LogP contribution is 2.31. The monoisotopic (exact) mass is 248 g/mol. The van der Waals surface area contributed by atoms with E-state index in [-0.39, 0.29) is 12.5 Å². The third-order valence-electron chi connectivity index (χ3n) is 3.46. The number of carbonyl (C=O) groups is 1. The summed E-state index contributed by atoms with van der Waals surface area (Å²) in [5.41, 5.74) is 8.43. The van der Waals surface area contributed by atoms with E-state index in [0.717, 1.165) is 12.8 Å². The topological polar surface area (TPSA) is 64.3 Å². The third-order valence-corrected chi connectivity index (χ3v) is 3.46. The van der Waals surface area contributed by atoms with Crippen molar-refractivity contribution in [1.29, 1.82) is 0 Å². The summed E-state index contributed by atoms with van der Waals surface area (Å²) in [4.78, 5) is 11.7. The molecule has 2 unspecified atom stereocenters. The van der Waals surface area contributed by atoms with E-state index >= 15 is 0 Å². The smallest absolute Gasteiger partial charge is 0.239 e. The normalized spacial score (nSPS) is 19.3. The number of methoxy groups -OCH3 is 1. The molecule has 0 saturated carbocycles. The van der Waals surface area contributed by atoms with Crippen LogP contribution < -0.4 is 11.1 Å². The van der Waals surface area contributed by atoms with E-state index in [9.17, 15) is 4.79 Å². The fourth-order valence-electron chi connectivity index (χ4n) is 2.47. The van der Waals surface area contributed by atoms with Gasteiger partial charge in [0.1, 0.15) is 6.04 Å². The van der Waals surface area contributed by atoms with Gasteiger partial charge in [0.2, 0.25) is 5.91 Å². The molecule has 3 N–H and O–H groups in total. The van der Waals surface area contributed by atoms with E-state index in [2.05, 4.69) is 29.6 Å². The van der Waals surface area contributed by atoms with E-state index < -0.39 is 6.04 Å². The number of carbonyl (C=O) groups excluding carboxylic acids is 1. The van der Waals surface area contributed by atoms with E-state index in [1.54, 1.807) is 7.11 Å². The van der Waals surface area contributed by atoms with Crippen molar-refractivity contribution >= 4 is 5.91 Å². The summed E-state index contributed by atoms with van der Waals surface area (Å²) in [6.45, 7) is 0.917. The maximum atomic E-state index is 11.7. The number of hydrogen-bond acceptors (Lipinski definition) is 3. The number of benzene rings is 1. The van der Waals surface area contributed by atoms with Crippen molar-refractivity contribution in [3.8, 4) is 0 Å². The molecule has 2 atom stereocenters. The van der Waals surface area contributed by atoms with Crippen molar-refractivity contribution in [1.82, 2.24) is 5.32 Å². The Kier molecular flexibility index (Phi) is 4.33. The molecule has 1 amide bonds. The molecule has 1 aliphatic carbocycles. The van der Waals surface area contributed by atoms with Crippen LogP contribution in [0.25, 0.3) is 0 Å². The Hall–Kier alpha value is -1.39. The molecule has 4 nitrogen and oxygen atoms in total. The van der Waals surface area contributed by atoms with Crippen LogP contribution in [-0.4, -0.2) is 32.2 Å². The van der Waals surface area contributed by atoms with Crippen LogP contribution in [0.2, 0.25) is 0 Å². The second-order valence-corrected chi connectivity index (χ2v) is 4.74. The van der Waals surface area contributed by atoms with Gasteiger partial charge in [0.25, 0.3) is 0 Å². The van der Waals surface area contributed by atoms with Crippen molar-refractivity contribution in [2.24, 2.45) is 5.73 Å². The SMILES string of the molecule is COCC(N)C(=O)NCC1CCc2ccccc21. The van der Waals surface area contributed by atoms with Gasteiger partial charge in [-0.1, -0.05) is 24.3 Å². The number of nitrogens with one attached hydrogen (secondary N) is 1. The Morgan fingerprint density at radius 2 is 2.33 bits per heavy atom. The number of amides is 1. The van der Waals surface area contributed by atoms with Gasteiger partial charge in [-0.15, -0.1) is 0 Å². The quantitative estimate of drug-likeness (QED) is 0.810. The standard InChI is InChI=1S/C14H20N2O2/c1-18-9-13(15)14(17)16-8-11-7-6-10-4-2-3-5-12(10)11/h2-5,11,13H,6-9,15H2,1H3,(H,16,17). The Balaban J connectivity index is 1.87. The number of fused-ring (bicyclic) bond motifs is 1. The summed E-state index contributed by atoms with van der Waals surface area (Å²) in [7, 11) is 1.54. The van der Waals surface area contributed by atoms with Gasteiger partial charge < -0.3 is 15.8 Å². The van der Waals surface area contributed by atoms with Gasteiger partial charge in [0.05, 0.1) is 6.61 Å². The molecule has 0 bridgehead atoms. The Morgan fingerprint density at radius 3 is 3.11 bits per heavy atom. The molecular formula is C14H20N2O2. The molecule has 18 heavy (non-hydrogen) atoms. The number of ether oxygens (including phenoxy) is 1. The minimum absolute atomic E-state index is 0.138. The lowest BCUT2D eigenvalue weighted by Gasteiger charge is -2.15. The molecule has 1 aromatic carbocycles. The number of hydrogen-bond donors (Lipinski definition) is 2. The molecular weight excluding hydrogens is 228 g/mol. The van der Waals surface area contributed by atoms with Crippen molar-refractivity contribution < 1.29 is 9.53 Å². The highest BCUT2D eigenvalue weighted by Gasteiger charge is 2.23. The van der Waals surface area contributed by atoms with Gasteiger partial charge in [-0.05, 0) is 24.0 Å². The zero-order valence-electron chi connectivity index (χ0n) is 10.7. The first-order chi connectivity index (χ1) is 8.72. The first-order valence-corrected chi connectivity index (χ1v) is 6.32. The van der Waals surface area contributed by atoms with E-state index in [1.165, 1.54) is 11.1 Å². The molecule has 0 heterocycles. The van der Waals surface area contributed by atoms with Crippen LogP contribution in [0.1, 0.15) is 23.5 Å². The molecule has 1 aromatic rings. The minimum Gasteiger partial charge on any atom is -0.383 e. The predicted molar refractivity (Wildman–Crippen MR) is 70.4 cm³/mol. The summed E-state index contributed by atoms with van der Waals surface area (Å²) >= 11 is 0. The average molecular weight is 248 g/mol. The van der Waals surface area contributed by atoms with Gasteiger partial charge in [-0.2, -0.15) is 0 Å². The summed E-state index contributed by atoms with van der Waals surface area (Å²) in [6, 6.07) is 7.85. The number of aryl methyl sites for hydroxylation is 1. The number of nitrogens with two attached hydrogens (primary N) is 1. The Morgan fingerprint density at radius 1 is 1.56 bits per heavy atom. The highest BCUT2D eigenvalue weighted by atomic mass is 16.5. The Bertz CT molecular complexity index is 420. The van der Waals surface area contributed by atoms with E-state index in [0.29, 0.717) is 12.5 Å². The second kappa shape index (κ2) is 5.98. The molecule has 0 spiro atoms. The summed E-state index contributed by atoms with van der Waals surface area (Å²) in [5.74, 6) is 0.279. The summed E-state index contributed by atoms with van der Waals surface area (Å²) in [6.07, 6.45) is 2.19. The second-order valence-electron chi connectivity index (χ2n) is 4.74. The Labute approximate surface area is 108 Å². The maximum Gasteiger partial charge on any atom is 0.239 e. The van der Waals surface area contributed by atoms with Gasteiger partial charge in [-0.3, -0.25) is 4.79 Å². The zero-order valence-corrected chi connectivity index (χ0v) is 10.7. The lowest BCUT2D eigenvalue weighted by Crippen LogP contribution is -2.44. The fourth-order valence-corrected chi connectivity index (χ4v) is 2.47. The molecule has 98 valence electrons. The molecule has 0 saturated heterocycles. The molecule has 0 radical (unpaired) electrons. The highest BCUT2D eigenvalue weighted by molar-refractivity contribution is 5.81. The minimum atomic E-state index is -0.577. The number of rotatable bonds is 5. The summed E-state index contributed by atoms with van der Waals surface area (Å²) < 4.78 is 4.87. The largest absolute Gasteiger partial charge is 0.383 e. The van der Waals surface area contributed by atoms with Crippen molar-refractivity contribution in [2.45, 2.75) is 24.8 Å². The van der Waals surface area contributed by atoms with Crippen LogP contribution >= 0.6 is 0 Å². The molecule has 0 fully saturated rings. The van der Waals surface area contributed by atoms with Crippen LogP contribution in [0.3, 0.4) is 0 Å². The lowest BCUT2D eigenvalue weighted by molar-refractivity contribution is -0.123. The van der Waals surface area contributed by atoms with Gasteiger partial charge >= 0.3 is 0 Å². The predicted octanol–water partition coefficient (Wildman–Crippen LogP) is 0.806. The van der Waals surface area contributed by atoms with Crippen molar-refractivity contribution in [3.63, 3.8) is 0 Å². The molecule has 4 heteroatoms. The van der Waals surface area contributed by atoms with Crippen molar-refractivity contribution in [3.05, 3.63) is 35.4 Å². The van der Waals surface area contributed by atoms with Crippen LogP contribution in [-0.2, 0) is 16.0 Å². The van der Waals surface area contributed by atoms with Gasteiger partial charge in [0.15, 0.2) is 0 Å². The van der Waals surface area contributed by atoms with Crippen molar-refractivity contribution in [2.75, 3.05) is 20.3 Å². The zero-order chi connectivity index (χ0) is 13.0. The molecule has 0 aromatic heterocycles. The first kappa shape index (κ1) is 13.1. The van der Waals surface area contributed by atoms with E-state index in [1.807, 2.05) is 0 Å². The van der Waals surface area contributed by atoms with Gasteiger partial charge in [0, 0.05) is 19.6 Å². The maximum absolute atomic E-state index is 11.7. The van der Waals surface area contributed by atoms with Crippen LogP contribution in [0.5, 0.6) is 0 Å². The third kappa shape index (κ3) is 2.89. The van der Waals surface area contributed by atoms with Crippen LogP contribution in [0.4, 0.5) is 0 Å². The summed E-state index contributed by atoms with van der Waals surface area (Å²) in [5, 5.41) is 2.91. The molecule has 2 rings (SSSR count).